The Morgan fingerprint density at radius 3 is 2.70 bits per heavy atom. The third-order valence-corrected chi connectivity index (χ3v) is 2.61. The van der Waals surface area contributed by atoms with Gasteiger partial charge in [-0.05, 0) is 32.9 Å². The van der Waals surface area contributed by atoms with Crippen molar-refractivity contribution in [1.29, 1.82) is 0 Å². The van der Waals surface area contributed by atoms with Gasteiger partial charge in [-0.25, -0.2) is 0 Å². The van der Waals surface area contributed by atoms with Gasteiger partial charge in [0.15, 0.2) is 5.82 Å². The molecule has 0 unspecified atom stereocenters. The number of nitrogens with zero attached hydrogens (tertiary/aromatic N) is 3. The van der Waals surface area contributed by atoms with E-state index in [9.17, 15) is 0 Å². The topological polar surface area (TPSA) is 59.9 Å². The average molecular weight is 293 g/mol. The zero-order valence-electron chi connectivity index (χ0n) is 11.7. The number of aromatic nitrogens is 3. The number of ether oxygens (including phenoxy) is 1. The smallest absolute Gasteiger partial charge is 0.322 e. The maximum atomic E-state index is 6.00. The van der Waals surface area contributed by atoms with Gasteiger partial charge in [0.1, 0.15) is 0 Å². The molecule has 6 heteroatoms. The van der Waals surface area contributed by atoms with Crippen LogP contribution in [0.4, 0.5) is 5.95 Å². The summed E-state index contributed by atoms with van der Waals surface area (Å²) in [5.41, 5.74) is 0.827. The van der Waals surface area contributed by atoms with E-state index in [0.717, 1.165) is 12.1 Å². The molecule has 5 nitrogen and oxygen atoms in total. The first-order valence-electron chi connectivity index (χ1n) is 6.51. The third kappa shape index (κ3) is 3.81. The molecule has 0 aliphatic rings. The van der Waals surface area contributed by atoms with Crippen molar-refractivity contribution < 1.29 is 4.74 Å². The molecule has 0 fully saturated rings. The number of hydrogen-bond acceptors (Lipinski definition) is 5. The summed E-state index contributed by atoms with van der Waals surface area (Å²) < 4.78 is 5.56. The highest BCUT2D eigenvalue weighted by molar-refractivity contribution is 6.30. The molecule has 0 saturated heterocycles. The number of rotatable bonds is 5. The van der Waals surface area contributed by atoms with Crippen molar-refractivity contribution in [3.05, 3.63) is 29.3 Å². The molecule has 0 radical (unpaired) electrons. The second kappa shape index (κ2) is 6.52. The van der Waals surface area contributed by atoms with Crippen molar-refractivity contribution in [3.8, 4) is 17.4 Å². The highest BCUT2D eigenvalue weighted by atomic mass is 35.5. The van der Waals surface area contributed by atoms with E-state index in [4.69, 9.17) is 16.3 Å². The van der Waals surface area contributed by atoms with Crippen LogP contribution >= 0.6 is 11.6 Å². The molecule has 1 N–H and O–H groups in total. The van der Waals surface area contributed by atoms with Gasteiger partial charge in [-0.3, -0.25) is 0 Å². The summed E-state index contributed by atoms with van der Waals surface area (Å²) in [6.45, 7) is 6.55. The Balaban J connectivity index is 2.43. The third-order valence-electron chi connectivity index (χ3n) is 2.37. The molecule has 106 valence electrons. The molecule has 0 saturated carbocycles. The summed E-state index contributed by atoms with van der Waals surface area (Å²) in [5, 5.41) is 3.71. The van der Waals surface area contributed by atoms with E-state index in [-0.39, 0.29) is 6.10 Å². The highest BCUT2D eigenvalue weighted by Crippen LogP contribution is 2.22. The lowest BCUT2D eigenvalue weighted by atomic mass is 10.2. The van der Waals surface area contributed by atoms with E-state index in [1.807, 2.05) is 45.0 Å². The SMILES string of the molecule is CCNc1nc(OC(C)C)nc(-c2cccc(Cl)c2)n1. The van der Waals surface area contributed by atoms with E-state index in [1.54, 1.807) is 0 Å². The number of nitrogens with one attached hydrogen (secondary N) is 1. The van der Waals surface area contributed by atoms with Gasteiger partial charge in [-0.15, -0.1) is 0 Å². The lowest BCUT2D eigenvalue weighted by molar-refractivity contribution is 0.222. The normalized spacial score (nSPS) is 10.7. The van der Waals surface area contributed by atoms with Crippen LogP contribution in [-0.4, -0.2) is 27.6 Å². The lowest BCUT2D eigenvalue weighted by Gasteiger charge is -2.11. The van der Waals surface area contributed by atoms with Crippen molar-refractivity contribution in [2.24, 2.45) is 0 Å². The van der Waals surface area contributed by atoms with Crippen LogP contribution in [-0.2, 0) is 0 Å². The highest BCUT2D eigenvalue weighted by Gasteiger charge is 2.10. The molecule has 0 aliphatic carbocycles. The summed E-state index contributed by atoms with van der Waals surface area (Å²) in [6, 6.07) is 7.68. The van der Waals surface area contributed by atoms with Gasteiger partial charge >= 0.3 is 6.01 Å². The largest absolute Gasteiger partial charge is 0.461 e. The Bertz CT molecular complexity index is 589. The Hall–Kier alpha value is -1.88. The van der Waals surface area contributed by atoms with Crippen molar-refractivity contribution in [1.82, 2.24) is 15.0 Å². The van der Waals surface area contributed by atoms with Crippen molar-refractivity contribution in [3.63, 3.8) is 0 Å². The Morgan fingerprint density at radius 1 is 1.25 bits per heavy atom. The quantitative estimate of drug-likeness (QED) is 0.915. The summed E-state index contributed by atoms with van der Waals surface area (Å²) in [7, 11) is 0. The molecule has 0 bridgehead atoms. The summed E-state index contributed by atoms with van der Waals surface area (Å²) in [6.07, 6.45) is -0.000845. The van der Waals surface area contributed by atoms with Crippen LogP contribution in [0.1, 0.15) is 20.8 Å². The number of hydrogen-bond donors (Lipinski definition) is 1. The number of anilines is 1. The van der Waals surface area contributed by atoms with Gasteiger partial charge < -0.3 is 10.1 Å². The predicted molar refractivity (Wildman–Crippen MR) is 80.2 cm³/mol. The van der Waals surface area contributed by atoms with E-state index in [2.05, 4.69) is 20.3 Å². The van der Waals surface area contributed by atoms with E-state index in [0.29, 0.717) is 22.8 Å². The molecule has 2 rings (SSSR count). The first kappa shape index (κ1) is 14.5. The van der Waals surface area contributed by atoms with Crippen LogP contribution in [0, 0.1) is 0 Å². The second-order valence-corrected chi connectivity index (χ2v) is 4.91. The van der Waals surface area contributed by atoms with Crippen LogP contribution in [0.3, 0.4) is 0 Å². The monoisotopic (exact) mass is 292 g/mol. The van der Waals surface area contributed by atoms with Gasteiger partial charge in [0.05, 0.1) is 6.10 Å². The molecule has 0 amide bonds. The first-order chi connectivity index (χ1) is 9.58. The molecule has 2 aromatic rings. The molecular formula is C14H17ClN4O. The van der Waals surface area contributed by atoms with Gasteiger partial charge in [0, 0.05) is 17.1 Å². The van der Waals surface area contributed by atoms with Crippen LogP contribution in [0.5, 0.6) is 6.01 Å². The Morgan fingerprint density at radius 2 is 2.05 bits per heavy atom. The summed E-state index contributed by atoms with van der Waals surface area (Å²) in [4.78, 5) is 12.9. The van der Waals surface area contributed by atoms with Crippen molar-refractivity contribution in [2.75, 3.05) is 11.9 Å². The average Bonchev–Trinajstić information content (AvgIpc) is 2.38. The minimum atomic E-state index is -0.000845. The zero-order valence-corrected chi connectivity index (χ0v) is 12.5. The molecule has 20 heavy (non-hydrogen) atoms. The molecule has 1 heterocycles. The van der Waals surface area contributed by atoms with E-state index in [1.165, 1.54) is 0 Å². The molecular weight excluding hydrogens is 276 g/mol. The maximum absolute atomic E-state index is 6.00. The van der Waals surface area contributed by atoms with Gasteiger partial charge in [0.25, 0.3) is 0 Å². The summed E-state index contributed by atoms with van der Waals surface area (Å²) >= 11 is 6.00. The number of halogens is 1. The fraction of sp³-hybridized carbons (Fsp3) is 0.357. The predicted octanol–water partition coefficient (Wildman–Crippen LogP) is 3.41. The minimum absolute atomic E-state index is 0.000845. The fourth-order valence-corrected chi connectivity index (χ4v) is 1.80. The molecule has 0 aliphatic heterocycles. The fourth-order valence-electron chi connectivity index (χ4n) is 1.61. The second-order valence-electron chi connectivity index (χ2n) is 4.47. The van der Waals surface area contributed by atoms with Gasteiger partial charge in [-0.1, -0.05) is 23.7 Å². The van der Waals surface area contributed by atoms with E-state index >= 15 is 0 Å². The first-order valence-corrected chi connectivity index (χ1v) is 6.89. The summed E-state index contributed by atoms with van der Waals surface area (Å²) in [5.74, 6) is 1.03. The van der Waals surface area contributed by atoms with Crippen molar-refractivity contribution >= 4 is 17.5 Å². The van der Waals surface area contributed by atoms with Crippen molar-refractivity contribution in [2.45, 2.75) is 26.9 Å². The van der Waals surface area contributed by atoms with Crippen LogP contribution in [0.2, 0.25) is 5.02 Å². The lowest BCUT2D eigenvalue weighted by Crippen LogP contribution is -2.12. The van der Waals surface area contributed by atoms with Gasteiger partial charge in [0.2, 0.25) is 5.95 Å². The van der Waals surface area contributed by atoms with Crippen LogP contribution in [0.25, 0.3) is 11.4 Å². The number of benzene rings is 1. The molecule has 0 spiro atoms. The Labute approximate surface area is 123 Å². The Kier molecular flexibility index (Phi) is 4.74. The minimum Gasteiger partial charge on any atom is -0.461 e. The molecule has 0 atom stereocenters. The standard InChI is InChI=1S/C14H17ClN4O/c1-4-16-13-17-12(10-6-5-7-11(15)8-10)18-14(19-13)20-9(2)3/h5-9H,4H2,1-3H3,(H,16,17,18,19). The van der Waals surface area contributed by atoms with Crippen LogP contribution < -0.4 is 10.1 Å². The molecule has 1 aromatic heterocycles. The van der Waals surface area contributed by atoms with Gasteiger partial charge in [-0.2, -0.15) is 15.0 Å². The zero-order chi connectivity index (χ0) is 14.5. The molecule has 1 aromatic carbocycles. The maximum Gasteiger partial charge on any atom is 0.322 e. The van der Waals surface area contributed by atoms with E-state index < -0.39 is 0 Å². The van der Waals surface area contributed by atoms with Crippen LogP contribution in [0.15, 0.2) is 24.3 Å².